The molecule has 0 saturated carbocycles. The molecule has 0 radical (unpaired) electrons. The number of hydrogen-bond acceptors (Lipinski definition) is 2. The largest absolute Gasteiger partial charge is 0.350 e. The van der Waals surface area contributed by atoms with Crippen molar-refractivity contribution in [2.45, 2.75) is 83.8 Å². The second-order valence-electron chi connectivity index (χ2n) is 5.23. The molecular weight excluding hydrogens is 212 g/mol. The lowest BCUT2D eigenvalue weighted by atomic mass is 10.0. The summed E-state index contributed by atoms with van der Waals surface area (Å²) in [7, 11) is 0. The molecule has 0 N–H and O–H groups in total. The molecule has 102 valence electrons. The maximum atomic E-state index is 6.06. The van der Waals surface area contributed by atoms with Crippen LogP contribution in [-0.4, -0.2) is 19.0 Å². The molecule has 0 aromatic heterocycles. The zero-order valence-corrected chi connectivity index (χ0v) is 11.8. The highest BCUT2D eigenvalue weighted by Gasteiger charge is 2.32. The van der Waals surface area contributed by atoms with Gasteiger partial charge in [-0.2, -0.15) is 0 Å². The van der Waals surface area contributed by atoms with Crippen molar-refractivity contribution in [3.63, 3.8) is 0 Å². The van der Waals surface area contributed by atoms with Gasteiger partial charge in [0.25, 0.3) is 0 Å². The van der Waals surface area contributed by atoms with Gasteiger partial charge in [-0.1, -0.05) is 39.5 Å². The Balaban J connectivity index is 2.41. The van der Waals surface area contributed by atoms with Crippen LogP contribution in [0.5, 0.6) is 0 Å². The molecule has 0 spiro atoms. The molecule has 0 aromatic carbocycles. The second-order valence-corrected chi connectivity index (χ2v) is 5.23. The van der Waals surface area contributed by atoms with Crippen LogP contribution in [-0.2, 0) is 9.47 Å². The molecule has 1 heterocycles. The molecular formula is C15H30O2. The predicted molar refractivity (Wildman–Crippen MR) is 72.2 cm³/mol. The van der Waals surface area contributed by atoms with Gasteiger partial charge in [-0.15, -0.1) is 0 Å². The summed E-state index contributed by atoms with van der Waals surface area (Å²) in [6.07, 6.45) is 12.1. The van der Waals surface area contributed by atoms with Crippen LogP contribution in [0.25, 0.3) is 0 Å². The van der Waals surface area contributed by atoms with Crippen molar-refractivity contribution in [2.24, 2.45) is 0 Å². The highest BCUT2D eigenvalue weighted by atomic mass is 16.7. The first kappa shape index (κ1) is 15.0. The molecule has 0 amide bonds. The van der Waals surface area contributed by atoms with E-state index < -0.39 is 0 Å². The quantitative estimate of drug-likeness (QED) is 0.576. The first-order valence-corrected chi connectivity index (χ1v) is 7.61. The lowest BCUT2D eigenvalue weighted by molar-refractivity contribution is -0.234. The Morgan fingerprint density at radius 1 is 0.765 bits per heavy atom. The summed E-state index contributed by atoms with van der Waals surface area (Å²) >= 11 is 0. The van der Waals surface area contributed by atoms with Gasteiger partial charge in [0.05, 0.1) is 13.2 Å². The standard InChI is InChI=1S/C15H30O2/c1-3-5-7-11-15(12-8-6-4-2)16-13-9-10-14-17-15/h3-14H2,1-2H3. The van der Waals surface area contributed by atoms with E-state index in [0.717, 1.165) is 38.9 Å². The predicted octanol–water partition coefficient (Wildman–Crippen LogP) is 4.67. The smallest absolute Gasteiger partial charge is 0.168 e. The Morgan fingerprint density at radius 3 is 1.65 bits per heavy atom. The van der Waals surface area contributed by atoms with E-state index in [1.807, 2.05) is 0 Å². The van der Waals surface area contributed by atoms with Crippen LogP contribution in [0.4, 0.5) is 0 Å². The highest BCUT2D eigenvalue weighted by Crippen LogP contribution is 2.30. The molecule has 2 heteroatoms. The zero-order chi connectivity index (χ0) is 12.4. The van der Waals surface area contributed by atoms with Crippen molar-refractivity contribution in [1.82, 2.24) is 0 Å². The van der Waals surface area contributed by atoms with Gasteiger partial charge >= 0.3 is 0 Å². The van der Waals surface area contributed by atoms with Crippen LogP contribution in [0.2, 0.25) is 0 Å². The number of unbranched alkanes of at least 4 members (excludes halogenated alkanes) is 4. The van der Waals surface area contributed by atoms with E-state index >= 15 is 0 Å². The number of ether oxygens (including phenoxy) is 2. The summed E-state index contributed by atoms with van der Waals surface area (Å²) in [5.74, 6) is -0.235. The van der Waals surface area contributed by atoms with Crippen LogP contribution in [0.3, 0.4) is 0 Å². The SMILES string of the molecule is CCCCCC1(CCCCC)OCCCCO1. The Morgan fingerprint density at radius 2 is 1.24 bits per heavy atom. The highest BCUT2D eigenvalue weighted by molar-refractivity contribution is 4.72. The molecule has 1 aliphatic heterocycles. The van der Waals surface area contributed by atoms with Crippen molar-refractivity contribution >= 4 is 0 Å². The van der Waals surface area contributed by atoms with E-state index in [0.29, 0.717) is 0 Å². The van der Waals surface area contributed by atoms with Crippen molar-refractivity contribution in [3.8, 4) is 0 Å². The van der Waals surface area contributed by atoms with Gasteiger partial charge in [-0.3, -0.25) is 0 Å². The molecule has 1 saturated heterocycles. The van der Waals surface area contributed by atoms with Crippen molar-refractivity contribution < 1.29 is 9.47 Å². The Kier molecular flexibility index (Phi) is 7.87. The Hall–Kier alpha value is -0.0800. The van der Waals surface area contributed by atoms with Gasteiger partial charge in [0, 0.05) is 12.8 Å². The number of rotatable bonds is 8. The van der Waals surface area contributed by atoms with Crippen molar-refractivity contribution in [1.29, 1.82) is 0 Å². The Labute approximate surface area is 107 Å². The minimum absolute atomic E-state index is 0.235. The lowest BCUT2D eigenvalue weighted by Gasteiger charge is -2.32. The third-order valence-corrected chi connectivity index (χ3v) is 3.59. The molecule has 1 aliphatic rings. The summed E-state index contributed by atoms with van der Waals surface area (Å²) in [6, 6.07) is 0. The van der Waals surface area contributed by atoms with Gasteiger partial charge in [0.2, 0.25) is 0 Å². The van der Waals surface area contributed by atoms with E-state index in [-0.39, 0.29) is 5.79 Å². The first-order chi connectivity index (χ1) is 8.33. The second kappa shape index (κ2) is 8.93. The van der Waals surface area contributed by atoms with Gasteiger partial charge in [0.1, 0.15) is 0 Å². The maximum absolute atomic E-state index is 6.06. The summed E-state index contributed by atoms with van der Waals surface area (Å²) in [6.45, 7) is 6.27. The monoisotopic (exact) mass is 242 g/mol. The molecule has 2 nitrogen and oxygen atoms in total. The summed E-state index contributed by atoms with van der Waals surface area (Å²) in [5.41, 5.74) is 0. The van der Waals surface area contributed by atoms with E-state index in [4.69, 9.17) is 9.47 Å². The van der Waals surface area contributed by atoms with E-state index in [9.17, 15) is 0 Å². The van der Waals surface area contributed by atoms with Crippen LogP contribution in [0.1, 0.15) is 78.1 Å². The van der Waals surface area contributed by atoms with E-state index in [1.165, 1.54) is 38.5 Å². The maximum Gasteiger partial charge on any atom is 0.168 e. The topological polar surface area (TPSA) is 18.5 Å². The fraction of sp³-hybridized carbons (Fsp3) is 1.00. The minimum atomic E-state index is -0.235. The third-order valence-electron chi connectivity index (χ3n) is 3.59. The fourth-order valence-electron chi connectivity index (χ4n) is 2.46. The molecule has 1 rings (SSSR count). The zero-order valence-electron chi connectivity index (χ0n) is 11.8. The molecule has 0 bridgehead atoms. The third kappa shape index (κ3) is 5.87. The molecule has 0 atom stereocenters. The molecule has 0 aromatic rings. The summed E-state index contributed by atoms with van der Waals surface area (Å²) in [4.78, 5) is 0. The normalized spacial score (nSPS) is 20.1. The molecule has 0 aliphatic carbocycles. The van der Waals surface area contributed by atoms with Gasteiger partial charge in [-0.05, 0) is 25.7 Å². The van der Waals surface area contributed by atoms with E-state index in [1.54, 1.807) is 0 Å². The van der Waals surface area contributed by atoms with Crippen LogP contribution >= 0.6 is 0 Å². The van der Waals surface area contributed by atoms with Gasteiger partial charge in [0.15, 0.2) is 5.79 Å². The van der Waals surface area contributed by atoms with Gasteiger partial charge in [-0.25, -0.2) is 0 Å². The van der Waals surface area contributed by atoms with E-state index in [2.05, 4.69) is 13.8 Å². The van der Waals surface area contributed by atoms with Crippen molar-refractivity contribution in [3.05, 3.63) is 0 Å². The minimum Gasteiger partial charge on any atom is -0.350 e. The summed E-state index contributed by atoms with van der Waals surface area (Å²) in [5, 5.41) is 0. The van der Waals surface area contributed by atoms with Crippen molar-refractivity contribution in [2.75, 3.05) is 13.2 Å². The first-order valence-electron chi connectivity index (χ1n) is 7.61. The summed E-state index contributed by atoms with van der Waals surface area (Å²) < 4.78 is 12.1. The Bertz CT molecular complexity index is 160. The average Bonchev–Trinajstić information content (AvgIpc) is 2.56. The average molecular weight is 242 g/mol. The van der Waals surface area contributed by atoms with Crippen LogP contribution in [0.15, 0.2) is 0 Å². The lowest BCUT2D eigenvalue weighted by Crippen LogP contribution is -2.35. The van der Waals surface area contributed by atoms with Crippen LogP contribution in [0, 0.1) is 0 Å². The fourth-order valence-corrected chi connectivity index (χ4v) is 2.46. The molecule has 17 heavy (non-hydrogen) atoms. The number of hydrogen-bond donors (Lipinski definition) is 0. The van der Waals surface area contributed by atoms with Crippen LogP contribution < -0.4 is 0 Å². The molecule has 1 fully saturated rings. The van der Waals surface area contributed by atoms with Gasteiger partial charge < -0.3 is 9.47 Å². The molecule has 0 unspecified atom stereocenters.